The number of pyridine rings is 1. The van der Waals surface area contributed by atoms with Gasteiger partial charge in [-0.25, -0.2) is 4.98 Å². The number of thiazole rings is 1. The van der Waals surface area contributed by atoms with Crippen molar-refractivity contribution in [3.8, 4) is 10.6 Å². The molecule has 3 nitrogen and oxygen atoms in total. The fraction of sp³-hybridized carbons (Fsp3) is 0.0588. The van der Waals surface area contributed by atoms with E-state index in [1.165, 1.54) is 0 Å². The first-order valence-corrected chi connectivity index (χ1v) is 7.98. The van der Waals surface area contributed by atoms with Crippen LogP contribution in [0.1, 0.15) is 0 Å². The molecule has 4 rings (SSSR count). The first kappa shape index (κ1) is 13.5. The van der Waals surface area contributed by atoms with Crippen molar-refractivity contribution < 1.29 is 0 Å². The SMILES string of the molecule is Cn1c(=O)cc(-c2nc3ccccc3s2)c2cc(Cl)ccc21. The van der Waals surface area contributed by atoms with Crippen LogP contribution < -0.4 is 5.56 Å². The zero-order valence-corrected chi connectivity index (χ0v) is 13.3. The zero-order valence-electron chi connectivity index (χ0n) is 11.7. The van der Waals surface area contributed by atoms with E-state index in [9.17, 15) is 4.79 Å². The lowest BCUT2D eigenvalue weighted by atomic mass is 10.1. The van der Waals surface area contributed by atoms with Crippen LogP contribution in [-0.2, 0) is 7.05 Å². The minimum Gasteiger partial charge on any atom is -0.311 e. The number of aryl methyl sites for hydroxylation is 1. The molecule has 0 aliphatic carbocycles. The Kier molecular flexibility index (Phi) is 3.03. The van der Waals surface area contributed by atoms with Crippen LogP contribution in [0.25, 0.3) is 31.7 Å². The summed E-state index contributed by atoms with van der Waals surface area (Å²) in [7, 11) is 1.76. The van der Waals surface area contributed by atoms with E-state index in [-0.39, 0.29) is 5.56 Å². The standard InChI is InChI=1S/C17H11ClN2OS/c1-20-14-7-6-10(18)8-11(14)12(9-16(20)21)17-19-13-4-2-3-5-15(13)22-17/h2-9H,1H3. The van der Waals surface area contributed by atoms with Gasteiger partial charge in [-0.05, 0) is 30.3 Å². The number of para-hydroxylation sites is 1. The molecule has 2 aromatic carbocycles. The van der Waals surface area contributed by atoms with Gasteiger partial charge in [0.25, 0.3) is 5.56 Å². The Labute approximate surface area is 135 Å². The number of benzene rings is 2. The molecule has 2 heterocycles. The molecule has 5 heteroatoms. The maximum atomic E-state index is 12.2. The van der Waals surface area contributed by atoms with E-state index < -0.39 is 0 Å². The third kappa shape index (κ3) is 2.03. The monoisotopic (exact) mass is 326 g/mol. The van der Waals surface area contributed by atoms with E-state index >= 15 is 0 Å². The minimum atomic E-state index is -0.0518. The number of nitrogens with zero attached hydrogens (tertiary/aromatic N) is 2. The summed E-state index contributed by atoms with van der Waals surface area (Å²) in [6.45, 7) is 0. The molecule has 0 aliphatic rings. The van der Waals surface area contributed by atoms with Crippen LogP contribution in [0.5, 0.6) is 0 Å². The fourth-order valence-electron chi connectivity index (χ4n) is 2.60. The van der Waals surface area contributed by atoms with Crippen LogP contribution in [0.2, 0.25) is 5.02 Å². The molecular formula is C17H11ClN2OS. The van der Waals surface area contributed by atoms with Crippen molar-refractivity contribution in [2.24, 2.45) is 7.05 Å². The summed E-state index contributed by atoms with van der Waals surface area (Å²) < 4.78 is 2.73. The Morgan fingerprint density at radius 3 is 2.77 bits per heavy atom. The molecule has 0 saturated heterocycles. The number of fused-ring (bicyclic) bond motifs is 2. The van der Waals surface area contributed by atoms with Gasteiger partial charge in [-0.3, -0.25) is 4.79 Å². The summed E-state index contributed by atoms with van der Waals surface area (Å²) in [5.41, 5.74) is 2.58. The number of aromatic nitrogens is 2. The highest BCUT2D eigenvalue weighted by Gasteiger charge is 2.13. The van der Waals surface area contributed by atoms with E-state index in [1.54, 1.807) is 35.1 Å². The normalized spacial score (nSPS) is 11.4. The topological polar surface area (TPSA) is 34.9 Å². The molecular weight excluding hydrogens is 316 g/mol. The molecule has 4 aromatic rings. The molecule has 22 heavy (non-hydrogen) atoms. The van der Waals surface area contributed by atoms with Gasteiger partial charge < -0.3 is 4.57 Å². The quantitative estimate of drug-likeness (QED) is 0.517. The molecule has 2 aromatic heterocycles. The van der Waals surface area contributed by atoms with Gasteiger partial charge in [-0.15, -0.1) is 11.3 Å². The molecule has 0 fully saturated rings. The van der Waals surface area contributed by atoms with Gasteiger partial charge in [0.2, 0.25) is 0 Å². The summed E-state index contributed by atoms with van der Waals surface area (Å²) in [5, 5.41) is 2.42. The zero-order chi connectivity index (χ0) is 15.3. The number of hydrogen-bond acceptors (Lipinski definition) is 3. The molecule has 108 valence electrons. The van der Waals surface area contributed by atoms with Gasteiger partial charge in [0.1, 0.15) is 5.01 Å². The van der Waals surface area contributed by atoms with E-state index in [1.807, 2.05) is 36.4 Å². The molecule has 0 saturated carbocycles. The molecule has 0 atom stereocenters. The average molecular weight is 327 g/mol. The Morgan fingerprint density at radius 2 is 1.95 bits per heavy atom. The highest BCUT2D eigenvalue weighted by atomic mass is 35.5. The van der Waals surface area contributed by atoms with Crippen molar-refractivity contribution in [1.82, 2.24) is 9.55 Å². The second kappa shape index (κ2) is 4.93. The van der Waals surface area contributed by atoms with Gasteiger partial charge in [-0.2, -0.15) is 0 Å². The van der Waals surface area contributed by atoms with Gasteiger partial charge in [0.05, 0.1) is 15.7 Å². The van der Waals surface area contributed by atoms with Crippen molar-refractivity contribution in [3.05, 3.63) is 63.9 Å². The minimum absolute atomic E-state index is 0.0518. The van der Waals surface area contributed by atoms with Crippen molar-refractivity contribution in [3.63, 3.8) is 0 Å². The van der Waals surface area contributed by atoms with E-state index in [0.717, 1.165) is 31.7 Å². The Bertz CT molecular complexity index is 1050. The Hall–Kier alpha value is -2.17. The molecule has 0 radical (unpaired) electrons. The van der Waals surface area contributed by atoms with Crippen LogP contribution in [0.15, 0.2) is 53.3 Å². The van der Waals surface area contributed by atoms with E-state index in [0.29, 0.717) is 5.02 Å². The third-order valence-corrected chi connectivity index (χ3v) is 5.04. The van der Waals surface area contributed by atoms with Crippen LogP contribution in [0.3, 0.4) is 0 Å². The molecule has 0 bridgehead atoms. The average Bonchev–Trinajstić information content (AvgIpc) is 2.94. The lowest BCUT2D eigenvalue weighted by Gasteiger charge is -2.08. The van der Waals surface area contributed by atoms with Gasteiger partial charge in [0.15, 0.2) is 0 Å². The highest BCUT2D eigenvalue weighted by molar-refractivity contribution is 7.21. The first-order valence-electron chi connectivity index (χ1n) is 6.79. The maximum absolute atomic E-state index is 12.2. The van der Waals surface area contributed by atoms with Crippen LogP contribution >= 0.6 is 22.9 Å². The summed E-state index contributed by atoms with van der Waals surface area (Å²) in [6, 6.07) is 15.2. The Balaban J connectivity index is 2.11. The predicted octanol–water partition coefficient (Wildman–Crippen LogP) is 4.47. The van der Waals surface area contributed by atoms with Crippen LogP contribution in [0, 0.1) is 0 Å². The van der Waals surface area contributed by atoms with Crippen molar-refractivity contribution in [2.45, 2.75) is 0 Å². The maximum Gasteiger partial charge on any atom is 0.251 e. The molecule has 0 N–H and O–H groups in total. The lowest BCUT2D eigenvalue weighted by molar-refractivity contribution is 0.907. The van der Waals surface area contributed by atoms with Crippen molar-refractivity contribution >= 4 is 44.1 Å². The molecule has 0 unspecified atom stereocenters. The first-order chi connectivity index (χ1) is 10.6. The van der Waals surface area contributed by atoms with E-state index in [2.05, 4.69) is 4.98 Å². The molecule has 0 amide bonds. The second-order valence-electron chi connectivity index (χ2n) is 5.10. The Morgan fingerprint density at radius 1 is 1.14 bits per heavy atom. The number of halogens is 1. The third-order valence-electron chi connectivity index (χ3n) is 3.73. The van der Waals surface area contributed by atoms with E-state index in [4.69, 9.17) is 11.6 Å². The van der Waals surface area contributed by atoms with Crippen molar-refractivity contribution in [1.29, 1.82) is 0 Å². The summed E-state index contributed by atoms with van der Waals surface area (Å²) in [6.07, 6.45) is 0. The fourth-order valence-corrected chi connectivity index (χ4v) is 3.77. The molecule has 0 aliphatic heterocycles. The summed E-state index contributed by atoms with van der Waals surface area (Å²) in [4.78, 5) is 16.9. The largest absolute Gasteiger partial charge is 0.311 e. The number of hydrogen-bond donors (Lipinski definition) is 0. The summed E-state index contributed by atoms with van der Waals surface area (Å²) in [5.74, 6) is 0. The highest BCUT2D eigenvalue weighted by Crippen LogP contribution is 2.34. The van der Waals surface area contributed by atoms with Gasteiger partial charge >= 0.3 is 0 Å². The number of rotatable bonds is 1. The molecule has 0 spiro atoms. The lowest BCUT2D eigenvalue weighted by Crippen LogP contribution is -2.16. The predicted molar refractivity (Wildman–Crippen MR) is 92.8 cm³/mol. The van der Waals surface area contributed by atoms with Crippen molar-refractivity contribution in [2.75, 3.05) is 0 Å². The van der Waals surface area contributed by atoms with Gasteiger partial charge in [-0.1, -0.05) is 23.7 Å². The van der Waals surface area contributed by atoms with Crippen LogP contribution in [-0.4, -0.2) is 9.55 Å². The van der Waals surface area contributed by atoms with Gasteiger partial charge in [0, 0.05) is 29.1 Å². The summed E-state index contributed by atoms with van der Waals surface area (Å²) >= 11 is 7.73. The smallest absolute Gasteiger partial charge is 0.251 e. The van der Waals surface area contributed by atoms with Crippen LogP contribution in [0.4, 0.5) is 0 Å². The second-order valence-corrected chi connectivity index (χ2v) is 6.57.